The van der Waals surface area contributed by atoms with E-state index in [0.717, 1.165) is 55.9 Å². The van der Waals surface area contributed by atoms with E-state index in [4.69, 9.17) is 4.74 Å². The van der Waals surface area contributed by atoms with Gasteiger partial charge >= 0.3 is 0 Å². The lowest BCUT2D eigenvalue weighted by molar-refractivity contribution is -0.122. The van der Waals surface area contributed by atoms with Crippen LogP contribution in [-0.2, 0) is 11.2 Å². The third-order valence-electron chi connectivity index (χ3n) is 7.82. The number of nitrogens with zero attached hydrogens (tertiary/aromatic N) is 2. The van der Waals surface area contributed by atoms with Crippen LogP contribution in [0.2, 0.25) is 0 Å². The zero-order chi connectivity index (χ0) is 24.0. The molecule has 0 aliphatic carbocycles. The number of likely N-dealkylation sites (tertiary alicyclic amines) is 2. The number of ether oxygens (including phenoxy) is 1. The van der Waals surface area contributed by atoms with Crippen molar-refractivity contribution in [3.8, 4) is 16.9 Å². The van der Waals surface area contributed by atoms with Gasteiger partial charge in [-0.05, 0) is 80.6 Å². The monoisotopic (exact) mass is 476 g/mol. The van der Waals surface area contributed by atoms with Gasteiger partial charge in [-0.25, -0.2) is 0 Å². The second kappa shape index (κ2) is 11.4. The predicted molar refractivity (Wildman–Crippen MR) is 142 cm³/mol. The third kappa shape index (κ3) is 5.99. The highest BCUT2D eigenvalue weighted by Gasteiger charge is 2.31. The molecule has 1 amide bonds. The third-order valence-corrected chi connectivity index (χ3v) is 7.82. The van der Waals surface area contributed by atoms with Gasteiger partial charge in [0.05, 0.1) is 6.61 Å². The average molecular weight is 477 g/mol. The van der Waals surface area contributed by atoms with Crippen LogP contribution < -0.4 is 15.4 Å². The molecule has 35 heavy (non-hydrogen) atoms. The van der Waals surface area contributed by atoms with Crippen LogP contribution in [-0.4, -0.2) is 73.7 Å². The molecule has 6 nitrogen and oxygen atoms in total. The normalized spacial score (nSPS) is 21.3. The highest BCUT2D eigenvalue weighted by atomic mass is 16.5. The van der Waals surface area contributed by atoms with Crippen LogP contribution in [0.5, 0.6) is 5.75 Å². The van der Waals surface area contributed by atoms with Crippen LogP contribution in [0, 0.1) is 0 Å². The number of carbonyl (C=O) groups is 1. The highest BCUT2D eigenvalue weighted by Crippen LogP contribution is 2.35. The first kappa shape index (κ1) is 24.1. The van der Waals surface area contributed by atoms with Crippen molar-refractivity contribution in [3.63, 3.8) is 0 Å². The zero-order valence-corrected chi connectivity index (χ0v) is 21.1. The van der Waals surface area contributed by atoms with Crippen molar-refractivity contribution in [1.29, 1.82) is 0 Å². The fourth-order valence-corrected chi connectivity index (χ4v) is 5.78. The maximum atomic E-state index is 13.1. The molecule has 5 rings (SSSR count). The lowest BCUT2D eigenvalue weighted by Gasteiger charge is -2.35. The van der Waals surface area contributed by atoms with Crippen molar-refractivity contribution in [3.05, 3.63) is 48.0 Å². The quantitative estimate of drug-likeness (QED) is 0.599. The number of carbonyl (C=O) groups excluding carboxylic acids is 1. The standard InChI is InChI=1S/C29H40N4O2/c1-2-35-24-11-9-22(10-12-24)25-7-6-8-27-26(25)21-28(31-27)29(34)30-23-13-17-33(18-14-23)20-19-32-15-4-3-5-16-32/h6-12,23,28,31H,2-5,13-21H2,1H3,(H,30,34). The van der Waals surface area contributed by atoms with Crippen molar-refractivity contribution in [2.45, 2.75) is 57.5 Å². The first-order valence-corrected chi connectivity index (χ1v) is 13.6. The molecule has 6 heteroatoms. The van der Waals surface area contributed by atoms with E-state index in [1.807, 2.05) is 19.1 Å². The van der Waals surface area contributed by atoms with E-state index in [1.165, 1.54) is 50.0 Å². The number of benzene rings is 2. The van der Waals surface area contributed by atoms with E-state index in [2.05, 4.69) is 50.8 Å². The molecule has 2 aromatic carbocycles. The summed E-state index contributed by atoms with van der Waals surface area (Å²) in [7, 11) is 0. The van der Waals surface area contributed by atoms with Gasteiger partial charge in [0, 0.05) is 44.3 Å². The minimum absolute atomic E-state index is 0.130. The summed E-state index contributed by atoms with van der Waals surface area (Å²) in [6.07, 6.45) is 6.92. The zero-order valence-electron chi connectivity index (χ0n) is 21.1. The fraction of sp³-hybridized carbons (Fsp3) is 0.552. The second-order valence-electron chi connectivity index (χ2n) is 10.2. The molecule has 3 aliphatic rings. The van der Waals surface area contributed by atoms with Gasteiger partial charge in [-0.15, -0.1) is 0 Å². The number of hydrogen-bond acceptors (Lipinski definition) is 5. The van der Waals surface area contributed by atoms with E-state index >= 15 is 0 Å². The molecular formula is C29H40N4O2. The number of piperidine rings is 2. The lowest BCUT2D eigenvalue weighted by Crippen LogP contribution is -2.49. The summed E-state index contributed by atoms with van der Waals surface area (Å²) in [6, 6.07) is 14.6. The molecule has 188 valence electrons. The maximum absolute atomic E-state index is 13.1. The van der Waals surface area contributed by atoms with Gasteiger partial charge in [0.2, 0.25) is 5.91 Å². The number of rotatable bonds is 8. The Bertz CT molecular complexity index is 979. The molecule has 2 fully saturated rings. The first-order chi connectivity index (χ1) is 17.2. The molecular weight excluding hydrogens is 436 g/mol. The van der Waals surface area contributed by atoms with E-state index in [1.54, 1.807) is 0 Å². The topological polar surface area (TPSA) is 56.8 Å². The van der Waals surface area contributed by atoms with Crippen LogP contribution in [0.15, 0.2) is 42.5 Å². The van der Waals surface area contributed by atoms with Crippen molar-refractivity contribution in [1.82, 2.24) is 15.1 Å². The smallest absolute Gasteiger partial charge is 0.243 e. The summed E-state index contributed by atoms with van der Waals surface area (Å²) in [4.78, 5) is 18.3. The summed E-state index contributed by atoms with van der Waals surface area (Å²) >= 11 is 0. The summed E-state index contributed by atoms with van der Waals surface area (Å²) in [6.45, 7) is 9.71. The van der Waals surface area contributed by atoms with Crippen LogP contribution in [0.25, 0.3) is 11.1 Å². The molecule has 0 aromatic heterocycles. The van der Waals surface area contributed by atoms with Crippen molar-refractivity contribution >= 4 is 11.6 Å². The summed E-state index contributed by atoms with van der Waals surface area (Å²) in [5.74, 6) is 1.02. The number of amides is 1. The van der Waals surface area contributed by atoms with E-state index in [9.17, 15) is 4.79 Å². The Balaban J connectivity index is 1.11. The Morgan fingerprint density at radius 3 is 2.40 bits per heavy atom. The van der Waals surface area contributed by atoms with Crippen LogP contribution >= 0.6 is 0 Å². The van der Waals surface area contributed by atoms with Crippen molar-refractivity contribution < 1.29 is 9.53 Å². The minimum Gasteiger partial charge on any atom is -0.494 e. The van der Waals surface area contributed by atoms with Gasteiger partial charge in [-0.3, -0.25) is 4.79 Å². The lowest BCUT2D eigenvalue weighted by atomic mass is 9.96. The molecule has 2 N–H and O–H groups in total. The Morgan fingerprint density at radius 2 is 1.69 bits per heavy atom. The van der Waals surface area contributed by atoms with Crippen LogP contribution in [0.3, 0.4) is 0 Å². The minimum atomic E-state index is -0.203. The van der Waals surface area contributed by atoms with E-state index < -0.39 is 0 Å². The highest BCUT2D eigenvalue weighted by molar-refractivity contribution is 5.89. The molecule has 1 unspecified atom stereocenters. The molecule has 0 spiro atoms. The van der Waals surface area contributed by atoms with Gasteiger partial charge in [0.25, 0.3) is 0 Å². The molecule has 2 saturated heterocycles. The van der Waals surface area contributed by atoms with Gasteiger partial charge < -0.3 is 25.2 Å². The largest absolute Gasteiger partial charge is 0.494 e. The number of fused-ring (bicyclic) bond motifs is 1. The first-order valence-electron chi connectivity index (χ1n) is 13.6. The molecule has 1 atom stereocenters. The Hall–Kier alpha value is -2.57. The van der Waals surface area contributed by atoms with Gasteiger partial charge in [0.15, 0.2) is 0 Å². The van der Waals surface area contributed by atoms with E-state index in [0.29, 0.717) is 6.61 Å². The van der Waals surface area contributed by atoms with Gasteiger partial charge in [-0.2, -0.15) is 0 Å². The van der Waals surface area contributed by atoms with E-state index in [-0.39, 0.29) is 18.0 Å². The molecule has 3 aliphatic heterocycles. The molecule has 3 heterocycles. The maximum Gasteiger partial charge on any atom is 0.243 e. The molecule has 0 saturated carbocycles. The average Bonchev–Trinajstić information content (AvgIpc) is 3.35. The molecule has 0 bridgehead atoms. The summed E-state index contributed by atoms with van der Waals surface area (Å²) < 4.78 is 5.59. The second-order valence-corrected chi connectivity index (χ2v) is 10.2. The number of hydrogen-bond donors (Lipinski definition) is 2. The summed E-state index contributed by atoms with van der Waals surface area (Å²) in [5, 5.41) is 6.83. The molecule has 0 radical (unpaired) electrons. The van der Waals surface area contributed by atoms with Crippen molar-refractivity contribution in [2.24, 2.45) is 0 Å². The SMILES string of the molecule is CCOc1ccc(-c2cccc3c2CC(C(=O)NC2CCN(CCN4CCCCC4)CC2)N3)cc1. The fourth-order valence-electron chi connectivity index (χ4n) is 5.78. The Morgan fingerprint density at radius 1 is 0.971 bits per heavy atom. The van der Waals surface area contributed by atoms with Crippen LogP contribution in [0.4, 0.5) is 5.69 Å². The molecule has 2 aromatic rings. The number of nitrogens with one attached hydrogen (secondary N) is 2. The predicted octanol–water partition coefficient (Wildman–Crippen LogP) is 4.16. The van der Waals surface area contributed by atoms with Crippen molar-refractivity contribution in [2.75, 3.05) is 51.2 Å². The number of anilines is 1. The Labute approximate surface area is 210 Å². The van der Waals surface area contributed by atoms with Crippen LogP contribution in [0.1, 0.15) is 44.6 Å². The Kier molecular flexibility index (Phi) is 7.89. The van der Waals surface area contributed by atoms with Gasteiger partial charge in [-0.1, -0.05) is 30.7 Å². The van der Waals surface area contributed by atoms with Gasteiger partial charge in [0.1, 0.15) is 11.8 Å². The summed E-state index contributed by atoms with van der Waals surface area (Å²) in [5.41, 5.74) is 4.65.